The number of rotatable bonds is 8. The number of benzene rings is 2. The van der Waals surface area contributed by atoms with Gasteiger partial charge in [0.2, 0.25) is 11.8 Å². The molecule has 0 N–H and O–H groups in total. The molecule has 0 radical (unpaired) electrons. The fourth-order valence-corrected chi connectivity index (χ4v) is 4.79. The number of carbonyl (C=O) groups is 3. The molecule has 4 rings (SSSR count). The van der Waals surface area contributed by atoms with Gasteiger partial charge < -0.3 is 9.64 Å². The number of amides is 2. The minimum atomic E-state index is -0.480. The molecule has 6 nitrogen and oxygen atoms in total. The predicted molar refractivity (Wildman–Crippen MR) is 127 cm³/mol. The first-order valence-corrected chi connectivity index (χ1v) is 11.9. The van der Waals surface area contributed by atoms with Crippen molar-refractivity contribution < 1.29 is 19.1 Å². The molecular formula is C27H32N2O4. The normalized spacial score (nSPS) is 21.4. The van der Waals surface area contributed by atoms with Crippen LogP contribution in [0.2, 0.25) is 0 Å². The van der Waals surface area contributed by atoms with Gasteiger partial charge in [0.15, 0.2) is 0 Å². The van der Waals surface area contributed by atoms with Crippen LogP contribution in [0.3, 0.4) is 0 Å². The van der Waals surface area contributed by atoms with Crippen molar-refractivity contribution in [3.8, 4) is 0 Å². The van der Waals surface area contributed by atoms with Gasteiger partial charge in [-0.2, -0.15) is 0 Å². The van der Waals surface area contributed by atoms with Crippen LogP contribution in [0, 0.1) is 11.8 Å². The van der Waals surface area contributed by atoms with E-state index in [1.54, 1.807) is 31.2 Å². The molecule has 2 aromatic carbocycles. The summed E-state index contributed by atoms with van der Waals surface area (Å²) in [6.07, 6.45) is 4.48. The lowest BCUT2D eigenvalue weighted by atomic mass is 9.98. The molecule has 6 heteroatoms. The average molecular weight is 449 g/mol. The van der Waals surface area contributed by atoms with E-state index in [1.165, 1.54) is 5.56 Å². The van der Waals surface area contributed by atoms with E-state index >= 15 is 0 Å². The molecule has 0 unspecified atom stereocenters. The zero-order valence-electron chi connectivity index (χ0n) is 19.2. The number of ether oxygens (including phenoxy) is 1. The minimum absolute atomic E-state index is 0.171. The van der Waals surface area contributed by atoms with Crippen molar-refractivity contribution in [1.29, 1.82) is 0 Å². The van der Waals surface area contributed by atoms with E-state index in [0.717, 1.165) is 50.2 Å². The summed E-state index contributed by atoms with van der Waals surface area (Å²) < 4.78 is 5.67. The number of para-hydroxylation sites is 1. The summed E-state index contributed by atoms with van der Waals surface area (Å²) in [5, 5.41) is 0. The van der Waals surface area contributed by atoms with Crippen LogP contribution in [0.25, 0.3) is 0 Å². The van der Waals surface area contributed by atoms with Gasteiger partial charge in [0.25, 0.3) is 0 Å². The Morgan fingerprint density at radius 2 is 1.82 bits per heavy atom. The van der Waals surface area contributed by atoms with E-state index in [1.807, 2.05) is 6.07 Å². The third kappa shape index (κ3) is 5.69. The molecule has 2 aliphatic heterocycles. The summed E-state index contributed by atoms with van der Waals surface area (Å²) in [5.74, 6) is -1.09. The molecular weight excluding hydrogens is 416 g/mol. The molecule has 0 spiro atoms. The largest absolute Gasteiger partial charge is 0.462 e. The highest BCUT2D eigenvalue weighted by Crippen LogP contribution is 2.29. The second-order valence-electron chi connectivity index (χ2n) is 9.19. The Labute approximate surface area is 195 Å². The number of likely N-dealkylation sites (tertiary alicyclic amines) is 1. The van der Waals surface area contributed by atoms with Gasteiger partial charge in [-0.25, -0.2) is 9.69 Å². The summed E-state index contributed by atoms with van der Waals surface area (Å²) in [4.78, 5) is 41.3. The molecule has 0 aromatic heterocycles. The van der Waals surface area contributed by atoms with Gasteiger partial charge >= 0.3 is 5.97 Å². The Bertz CT molecular complexity index is 991. The number of esters is 1. The van der Waals surface area contributed by atoms with Gasteiger partial charge in [0.05, 0.1) is 17.9 Å². The zero-order valence-corrected chi connectivity index (χ0v) is 19.2. The third-order valence-electron chi connectivity index (χ3n) is 6.57. The molecule has 33 heavy (non-hydrogen) atoms. The first-order chi connectivity index (χ1) is 16.0. The lowest BCUT2D eigenvalue weighted by molar-refractivity contribution is -0.122. The number of piperidine rings is 1. The van der Waals surface area contributed by atoms with Gasteiger partial charge in [-0.05, 0) is 56.5 Å². The highest BCUT2D eigenvalue weighted by atomic mass is 16.5. The molecule has 174 valence electrons. The number of imide groups is 1. The Kier molecular flexibility index (Phi) is 7.55. The highest BCUT2D eigenvalue weighted by molar-refractivity contribution is 6.22. The number of aryl methyl sites for hydroxylation is 1. The smallest absolute Gasteiger partial charge is 0.340 e. The molecule has 2 amide bonds. The predicted octanol–water partition coefficient (Wildman–Crippen LogP) is 4.09. The van der Waals surface area contributed by atoms with Crippen LogP contribution < -0.4 is 4.90 Å². The topological polar surface area (TPSA) is 66.9 Å². The SMILES string of the molecule is C[C@H]1CC(=O)N(c2ccccc2C(=O)OC[C@H]2CCCN(CCCc3ccccc3)C2)C1=O. The zero-order chi connectivity index (χ0) is 23.2. The lowest BCUT2D eigenvalue weighted by Gasteiger charge is -2.32. The summed E-state index contributed by atoms with van der Waals surface area (Å²) in [7, 11) is 0. The van der Waals surface area contributed by atoms with Gasteiger partial charge in [-0.15, -0.1) is 0 Å². The van der Waals surface area contributed by atoms with Gasteiger partial charge in [0, 0.05) is 24.8 Å². The fourth-order valence-electron chi connectivity index (χ4n) is 4.79. The van der Waals surface area contributed by atoms with Crippen LogP contribution in [0.5, 0.6) is 0 Å². The number of nitrogens with zero attached hydrogens (tertiary/aromatic N) is 2. The first-order valence-electron chi connectivity index (χ1n) is 11.9. The Hall–Kier alpha value is -2.99. The Balaban J connectivity index is 1.30. The lowest BCUT2D eigenvalue weighted by Crippen LogP contribution is -2.38. The van der Waals surface area contributed by atoms with Gasteiger partial charge in [-0.1, -0.05) is 49.4 Å². The molecule has 0 bridgehead atoms. The van der Waals surface area contributed by atoms with E-state index in [4.69, 9.17) is 4.74 Å². The van der Waals surface area contributed by atoms with Gasteiger partial charge in [0.1, 0.15) is 0 Å². The second-order valence-corrected chi connectivity index (χ2v) is 9.19. The van der Waals surface area contributed by atoms with Crippen LogP contribution in [0.4, 0.5) is 5.69 Å². The summed E-state index contributed by atoms with van der Waals surface area (Å²) >= 11 is 0. The molecule has 2 fully saturated rings. The highest BCUT2D eigenvalue weighted by Gasteiger charge is 2.38. The Morgan fingerprint density at radius 3 is 2.58 bits per heavy atom. The van der Waals surface area contributed by atoms with Crippen molar-refractivity contribution in [2.24, 2.45) is 11.8 Å². The van der Waals surface area contributed by atoms with Crippen LogP contribution >= 0.6 is 0 Å². The number of hydrogen-bond donors (Lipinski definition) is 0. The first kappa shape index (κ1) is 23.2. The van der Waals surface area contributed by atoms with Crippen LogP contribution in [-0.4, -0.2) is 48.9 Å². The van der Waals surface area contributed by atoms with E-state index in [9.17, 15) is 14.4 Å². The summed E-state index contributed by atoms with van der Waals surface area (Å²) in [6, 6.07) is 17.2. The monoisotopic (exact) mass is 448 g/mol. The van der Waals surface area contributed by atoms with Crippen LogP contribution in [0.15, 0.2) is 54.6 Å². The molecule has 2 heterocycles. The molecule has 2 aromatic rings. The van der Waals surface area contributed by atoms with Crippen molar-refractivity contribution in [3.63, 3.8) is 0 Å². The Morgan fingerprint density at radius 1 is 1.06 bits per heavy atom. The minimum Gasteiger partial charge on any atom is -0.462 e. The molecule has 0 saturated carbocycles. The number of hydrogen-bond acceptors (Lipinski definition) is 5. The molecule has 0 aliphatic carbocycles. The van der Waals surface area contributed by atoms with E-state index in [-0.39, 0.29) is 29.7 Å². The maximum absolute atomic E-state index is 12.9. The van der Waals surface area contributed by atoms with E-state index in [2.05, 4.69) is 29.2 Å². The molecule has 2 atom stereocenters. The molecule has 2 aliphatic rings. The van der Waals surface area contributed by atoms with E-state index < -0.39 is 5.97 Å². The van der Waals surface area contributed by atoms with Crippen LogP contribution in [0.1, 0.15) is 48.5 Å². The third-order valence-corrected chi connectivity index (χ3v) is 6.57. The van der Waals surface area contributed by atoms with Crippen molar-refractivity contribution in [3.05, 3.63) is 65.7 Å². The van der Waals surface area contributed by atoms with Crippen LogP contribution in [-0.2, 0) is 20.7 Å². The van der Waals surface area contributed by atoms with Crippen molar-refractivity contribution in [2.45, 2.75) is 39.0 Å². The van der Waals surface area contributed by atoms with Crippen molar-refractivity contribution in [2.75, 3.05) is 31.1 Å². The quantitative estimate of drug-likeness (QED) is 0.450. The summed E-state index contributed by atoms with van der Waals surface area (Å²) in [6.45, 7) is 5.12. The average Bonchev–Trinajstić information content (AvgIpc) is 3.09. The fraction of sp³-hybridized carbons (Fsp3) is 0.444. The number of anilines is 1. The van der Waals surface area contributed by atoms with Crippen molar-refractivity contribution >= 4 is 23.5 Å². The maximum atomic E-state index is 12.9. The summed E-state index contributed by atoms with van der Waals surface area (Å²) in [5.41, 5.74) is 1.96. The molecule has 2 saturated heterocycles. The number of carbonyl (C=O) groups excluding carboxylic acids is 3. The van der Waals surface area contributed by atoms with Gasteiger partial charge in [-0.3, -0.25) is 9.59 Å². The maximum Gasteiger partial charge on any atom is 0.340 e. The van der Waals surface area contributed by atoms with Crippen molar-refractivity contribution in [1.82, 2.24) is 4.90 Å². The van der Waals surface area contributed by atoms with E-state index in [0.29, 0.717) is 18.2 Å². The second kappa shape index (κ2) is 10.8. The standard InChI is InChI=1S/C27H32N2O4/c1-20-17-25(30)29(26(20)31)24-14-6-5-13-23(24)27(32)33-19-22-12-8-16-28(18-22)15-7-11-21-9-3-2-4-10-21/h2-6,9-10,13-14,20,22H,7-8,11-12,15-19H2,1H3/t20-,22-/m0/s1.